The van der Waals surface area contributed by atoms with Gasteiger partial charge in [-0.15, -0.1) is 0 Å². The molecule has 2 aliphatic rings. The number of fused-ring (bicyclic) bond motifs is 1. The van der Waals surface area contributed by atoms with Crippen LogP contribution in [0.3, 0.4) is 0 Å². The number of rotatable bonds is 2. The number of hydrogen-bond donors (Lipinski definition) is 2. The summed E-state index contributed by atoms with van der Waals surface area (Å²) in [5, 5.41) is 6.37. The van der Waals surface area contributed by atoms with E-state index in [0.29, 0.717) is 11.6 Å². The molecule has 2 saturated heterocycles. The van der Waals surface area contributed by atoms with Crippen molar-refractivity contribution in [1.29, 1.82) is 0 Å². The molecule has 0 saturated carbocycles. The topological polar surface area (TPSA) is 76.1 Å². The predicted octanol–water partition coefficient (Wildman–Crippen LogP) is -0.0266. The van der Waals surface area contributed by atoms with Gasteiger partial charge in [0, 0.05) is 32.1 Å². The van der Waals surface area contributed by atoms with Gasteiger partial charge in [-0.3, -0.25) is 9.78 Å². The maximum absolute atomic E-state index is 12.1. The maximum atomic E-state index is 12.1. The van der Waals surface area contributed by atoms with Gasteiger partial charge in [0.15, 0.2) is 0 Å². The lowest BCUT2D eigenvalue weighted by molar-refractivity contribution is -0.0573. The first kappa shape index (κ1) is 12.5. The van der Waals surface area contributed by atoms with Crippen LogP contribution in [0.25, 0.3) is 0 Å². The van der Waals surface area contributed by atoms with Crippen molar-refractivity contribution in [1.82, 2.24) is 20.6 Å². The largest absolute Gasteiger partial charge is 0.376 e. The van der Waals surface area contributed by atoms with Crippen LogP contribution in [0.15, 0.2) is 18.6 Å². The van der Waals surface area contributed by atoms with E-state index in [0.717, 1.165) is 32.5 Å². The first-order valence-corrected chi connectivity index (χ1v) is 6.74. The summed E-state index contributed by atoms with van der Waals surface area (Å²) in [6, 6.07) is 0.00792. The first-order valence-electron chi connectivity index (χ1n) is 6.74. The molecule has 0 aliphatic carbocycles. The lowest BCUT2D eigenvalue weighted by Crippen LogP contribution is -2.60. The van der Waals surface area contributed by atoms with Crippen molar-refractivity contribution in [2.24, 2.45) is 5.92 Å². The maximum Gasteiger partial charge on any atom is 0.271 e. The molecule has 2 aliphatic heterocycles. The Balaban J connectivity index is 1.66. The van der Waals surface area contributed by atoms with Gasteiger partial charge in [-0.05, 0) is 18.8 Å². The molecule has 3 atom stereocenters. The highest BCUT2D eigenvalue weighted by atomic mass is 16.5. The van der Waals surface area contributed by atoms with Crippen molar-refractivity contribution in [3.63, 3.8) is 0 Å². The SMILES string of the molecule is O=C(N[C@@H]1CNC[C@@H]2CCCO[C@@H]21)c1cnccn1. The first-order chi connectivity index (χ1) is 9.34. The Morgan fingerprint density at radius 1 is 1.42 bits per heavy atom. The summed E-state index contributed by atoms with van der Waals surface area (Å²) in [6.45, 7) is 2.51. The molecule has 6 nitrogen and oxygen atoms in total. The van der Waals surface area contributed by atoms with Crippen LogP contribution in [-0.4, -0.2) is 47.7 Å². The summed E-state index contributed by atoms with van der Waals surface area (Å²) < 4.78 is 5.84. The predicted molar refractivity (Wildman–Crippen MR) is 68.6 cm³/mol. The third-order valence-electron chi connectivity index (χ3n) is 3.77. The number of piperidine rings is 1. The van der Waals surface area contributed by atoms with Gasteiger partial charge in [0.2, 0.25) is 0 Å². The van der Waals surface area contributed by atoms with Crippen molar-refractivity contribution in [3.05, 3.63) is 24.3 Å². The molecule has 3 heterocycles. The fraction of sp³-hybridized carbons (Fsp3) is 0.615. The number of ether oxygens (including phenoxy) is 1. The molecule has 0 aromatic carbocycles. The van der Waals surface area contributed by atoms with Gasteiger partial charge in [0.1, 0.15) is 5.69 Å². The van der Waals surface area contributed by atoms with E-state index in [4.69, 9.17) is 4.74 Å². The number of carbonyl (C=O) groups excluding carboxylic acids is 1. The minimum atomic E-state index is -0.185. The Bertz CT molecular complexity index is 438. The molecule has 2 N–H and O–H groups in total. The van der Waals surface area contributed by atoms with E-state index in [1.54, 1.807) is 6.20 Å². The third kappa shape index (κ3) is 2.74. The van der Waals surface area contributed by atoms with Gasteiger partial charge < -0.3 is 15.4 Å². The number of amides is 1. The van der Waals surface area contributed by atoms with Crippen LogP contribution in [0.1, 0.15) is 23.3 Å². The molecule has 3 rings (SSSR count). The van der Waals surface area contributed by atoms with Crippen LogP contribution in [0.4, 0.5) is 0 Å². The van der Waals surface area contributed by atoms with Gasteiger partial charge in [0.05, 0.1) is 18.3 Å². The summed E-state index contributed by atoms with van der Waals surface area (Å²) in [4.78, 5) is 20.0. The molecule has 1 aromatic heterocycles. The van der Waals surface area contributed by atoms with E-state index in [1.807, 2.05) is 0 Å². The molecule has 0 radical (unpaired) electrons. The summed E-state index contributed by atoms with van der Waals surface area (Å²) in [5.74, 6) is 0.310. The Morgan fingerprint density at radius 2 is 2.37 bits per heavy atom. The van der Waals surface area contributed by atoms with Crippen LogP contribution in [0.2, 0.25) is 0 Å². The zero-order valence-electron chi connectivity index (χ0n) is 10.7. The fourth-order valence-corrected chi connectivity index (χ4v) is 2.86. The Labute approximate surface area is 112 Å². The van der Waals surface area contributed by atoms with Crippen molar-refractivity contribution in [3.8, 4) is 0 Å². The van der Waals surface area contributed by atoms with Crippen molar-refractivity contribution >= 4 is 5.91 Å². The highest BCUT2D eigenvalue weighted by molar-refractivity contribution is 5.92. The number of carbonyl (C=O) groups is 1. The molecule has 2 fully saturated rings. The van der Waals surface area contributed by atoms with E-state index < -0.39 is 0 Å². The van der Waals surface area contributed by atoms with Crippen LogP contribution >= 0.6 is 0 Å². The summed E-state index contributed by atoms with van der Waals surface area (Å²) >= 11 is 0. The minimum Gasteiger partial charge on any atom is -0.376 e. The van der Waals surface area contributed by atoms with Gasteiger partial charge in [-0.2, -0.15) is 0 Å². The quantitative estimate of drug-likeness (QED) is 0.783. The number of nitrogens with one attached hydrogen (secondary N) is 2. The molecule has 1 amide bonds. The van der Waals surface area contributed by atoms with Gasteiger partial charge in [-0.25, -0.2) is 4.98 Å². The van der Waals surface area contributed by atoms with E-state index in [1.165, 1.54) is 12.4 Å². The Morgan fingerprint density at radius 3 is 3.21 bits per heavy atom. The van der Waals surface area contributed by atoms with Crippen molar-refractivity contribution in [2.75, 3.05) is 19.7 Å². The van der Waals surface area contributed by atoms with Gasteiger partial charge >= 0.3 is 0 Å². The average molecular weight is 262 g/mol. The van der Waals surface area contributed by atoms with Crippen LogP contribution in [0, 0.1) is 5.92 Å². The zero-order chi connectivity index (χ0) is 13.1. The molecular formula is C13H18N4O2. The molecule has 0 unspecified atom stereocenters. The average Bonchev–Trinajstić information content (AvgIpc) is 2.48. The van der Waals surface area contributed by atoms with E-state index in [-0.39, 0.29) is 18.1 Å². The molecule has 102 valence electrons. The molecular weight excluding hydrogens is 244 g/mol. The second kappa shape index (κ2) is 5.63. The van der Waals surface area contributed by atoms with E-state index in [2.05, 4.69) is 20.6 Å². The third-order valence-corrected chi connectivity index (χ3v) is 3.77. The molecule has 1 aromatic rings. The monoisotopic (exact) mass is 262 g/mol. The number of aromatic nitrogens is 2. The second-order valence-corrected chi connectivity index (χ2v) is 5.07. The lowest BCUT2D eigenvalue weighted by atomic mass is 9.86. The van der Waals surface area contributed by atoms with Crippen LogP contribution in [-0.2, 0) is 4.74 Å². The smallest absolute Gasteiger partial charge is 0.271 e. The zero-order valence-corrected chi connectivity index (χ0v) is 10.7. The highest BCUT2D eigenvalue weighted by Gasteiger charge is 2.36. The second-order valence-electron chi connectivity index (χ2n) is 5.07. The van der Waals surface area contributed by atoms with Crippen LogP contribution < -0.4 is 10.6 Å². The van der Waals surface area contributed by atoms with Gasteiger partial charge in [0.25, 0.3) is 5.91 Å². The van der Waals surface area contributed by atoms with Crippen molar-refractivity contribution in [2.45, 2.75) is 25.0 Å². The fourth-order valence-electron chi connectivity index (χ4n) is 2.86. The standard InChI is InChI=1S/C13H18N4O2/c18-13(11-8-14-3-4-16-11)17-10-7-15-6-9-2-1-5-19-12(9)10/h3-4,8-10,12,15H,1-2,5-7H2,(H,17,18)/t9-,10+,12-/m0/s1. The molecule has 0 bridgehead atoms. The molecule has 0 spiro atoms. The molecule has 19 heavy (non-hydrogen) atoms. The minimum absolute atomic E-state index is 0.00792. The summed E-state index contributed by atoms with van der Waals surface area (Å²) in [6.07, 6.45) is 6.94. The Kier molecular flexibility index (Phi) is 3.70. The normalized spacial score (nSPS) is 30.4. The van der Waals surface area contributed by atoms with Gasteiger partial charge in [-0.1, -0.05) is 0 Å². The lowest BCUT2D eigenvalue weighted by Gasteiger charge is -2.41. The van der Waals surface area contributed by atoms with E-state index >= 15 is 0 Å². The summed E-state index contributed by atoms with van der Waals surface area (Å²) in [5.41, 5.74) is 0.348. The Hall–Kier alpha value is -1.53. The van der Waals surface area contributed by atoms with E-state index in [9.17, 15) is 4.79 Å². The van der Waals surface area contributed by atoms with Crippen LogP contribution in [0.5, 0.6) is 0 Å². The van der Waals surface area contributed by atoms with Crippen molar-refractivity contribution < 1.29 is 9.53 Å². The summed E-state index contributed by atoms with van der Waals surface area (Å²) in [7, 11) is 0. The highest BCUT2D eigenvalue weighted by Crippen LogP contribution is 2.25. The molecule has 6 heteroatoms. The number of hydrogen-bond acceptors (Lipinski definition) is 5. The number of nitrogens with zero attached hydrogens (tertiary/aromatic N) is 2.